The van der Waals surface area contributed by atoms with Crippen LogP contribution in [0.25, 0.3) is 17.0 Å². The number of nitrogens with one attached hydrogen (secondary N) is 1. The van der Waals surface area contributed by atoms with Crippen molar-refractivity contribution in [3.05, 3.63) is 75.8 Å². The molecular formula is C28H25F5N6O4. The summed E-state index contributed by atoms with van der Waals surface area (Å²) in [6.07, 6.45) is -3.03. The first kappa shape index (κ1) is 29.7. The van der Waals surface area contributed by atoms with Gasteiger partial charge in [-0.1, -0.05) is 6.92 Å². The number of hydrazone groups is 1. The van der Waals surface area contributed by atoms with E-state index in [0.717, 1.165) is 10.9 Å². The molecule has 0 saturated heterocycles. The number of amides is 1. The van der Waals surface area contributed by atoms with Crippen molar-refractivity contribution in [2.75, 3.05) is 13.7 Å². The summed E-state index contributed by atoms with van der Waals surface area (Å²) in [5.41, 5.74) is 1.31. The second-order valence-electron chi connectivity index (χ2n) is 9.82. The summed E-state index contributed by atoms with van der Waals surface area (Å²) < 4.78 is 82.4. The lowest BCUT2D eigenvalue weighted by molar-refractivity contribution is -0.140. The molecule has 1 aromatic carbocycles. The van der Waals surface area contributed by atoms with E-state index in [1.165, 1.54) is 47.9 Å². The van der Waals surface area contributed by atoms with Crippen molar-refractivity contribution in [1.29, 1.82) is 0 Å². The molecule has 3 aromatic heterocycles. The normalized spacial score (nSPS) is 15.4. The number of imidazole rings is 1. The van der Waals surface area contributed by atoms with Crippen LogP contribution in [0.5, 0.6) is 11.5 Å². The molecule has 4 heterocycles. The first-order valence-corrected chi connectivity index (χ1v) is 13.2. The maximum absolute atomic E-state index is 14.8. The van der Waals surface area contributed by atoms with Crippen molar-refractivity contribution in [2.45, 2.75) is 38.9 Å². The molecule has 1 aliphatic rings. The van der Waals surface area contributed by atoms with Crippen molar-refractivity contribution < 1.29 is 36.2 Å². The fraction of sp³-hybridized carbons (Fsp3) is 0.321. The van der Waals surface area contributed by atoms with Gasteiger partial charge < -0.3 is 9.47 Å². The number of methoxy groups -OCH3 is 1. The van der Waals surface area contributed by atoms with Gasteiger partial charge in [0.1, 0.15) is 5.69 Å². The van der Waals surface area contributed by atoms with Gasteiger partial charge in [0.15, 0.2) is 28.7 Å². The number of unbranched alkanes of at least 4 members (excludes halogenated alkanes) is 1. The predicted molar refractivity (Wildman–Crippen MR) is 144 cm³/mol. The quantitative estimate of drug-likeness (QED) is 0.221. The molecule has 226 valence electrons. The molecule has 1 atom stereocenters. The number of carbonyl (C=O) groups excluding carboxylic acids is 1. The highest BCUT2D eigenvalue weighted by molar-refractivity contribution is 6.06. The number of hydrogen-bond acceptors (Lipinski definition) is 7. The van der Waals surface area contributed by atoms with E-state index in [1.54, 1.807) is 6.92 Å². The van der Waals surface area contributed by atoms with Crippen LogP contribution in [0.1, 0.15) is 37.4 Å². The molecule has 1 amide bonds. The van der Waals surface area contributed by atoms with Crippen LogP contribution in [-0.4, -0.2) is 44.5 Å². The molecule has 0 aliphatic carbocycles. The Hall–Kier alpha value is -4.82. The summed E-state index contributed by atoms with van der Waals surface area (Å²) in [6, 6.07) is 8.23. The molecule has 43 heavy (non-hydrogen) atoms. The molecule has 4 aromatic rings. The molecule has 0 fully saturated rings. The number of carbonyl (C=O) groups is 1. The summed E-state index contributed by atoms with van der Waals surface area (Å²) in [5, 5.41) is 8.17. The van der Waals surface area contributed by atoms with E-state index >= 15 is 0 Å². The summed E-state index contributed by atoms with van der Waals surface area (Å²) in [4.78, 5) is 27.5. The van der Waals surface area contributed by atoms with E-state index in [4.69, 9.17) is 9.47 Å². The Morgan fingerprint density at radius 3 is 2.51 bits per heavy atom. The number of ether oxygens (including phenoxy) is 2. The van der Waals surface area contributed by atoms with E-state index in [1.807, 2.05) is 0 Å². The second kappa shape index (κ2) is 11.8. The molecule has 0 spiro atoms. The monoisotopic (exact) mass is 604 g/mol. The largest absolute Gasteiger partial charge is 0.493 e. The maximum atomic E-state index is 14.8. The third-order valence-corrected chi connectivity index (χ3v) is 6.82. The van der Waals surface area contributed by atoms with Crippen LogP contribution < -0.4 is 20.5 Å². The number of aryl methyl sites for hydroxylation is 1. The number of pyridine rings is 1. The third-order valence-electron chi connectivity index (χ3n) is 6.82. The minimum absolute atomic E-state index is 0.00587. The molecule has 0 bridgehead atoms. The van der Waals surface area contributed by atoms with Gasteiger partial charge in [-0.05, 0) is 43.2 Å². The third kappa shape index (κ3) is 6.05. The number of halogens is 5. The van der Waals surface area contributed by atoms with Crippen molar-refractivity contribution in [3.63, 3.8) is 0 Å². The van der Waals surface area contributed by atoms with Gasteiger partial charge in [-0.15, -0.1) is 0 Å². The molecular weight excluding hydrogens is 579 g/mol. The van der Waals surface area contributed by atoms with Gasteiger partial charge >= 0.3 is 6.18 Å². The average Bonchev–Trinajstić information content (AvgIpc) is 3.43. The zero-order chi connectivity index (χ0) is 30.9. The highest BCUT2D eigenvalue weighted by atomic mass is 19.4. The molecule has 10 nitrogen and oxygen atoms in total. The summed E-state index contributed by atoms with van der Waals surface area (Å²) in [5.74, 6) is -3.19. The molecule has 0 saturated carbocycles. The fourth-order valence-corrected chi connectivity index (χ4v) is 4.66. The van der Waals surface area contributed by atoms with Gasteiger partial charge in [0.2, 0.25) is 11.7 Å². The molecule has 5 rings (SSSR count). The SMILES string of the molecule is COc1ccc(-c2ccc(=O)n(CCCCOc3ccc(C4=NNC(=O)CC4C)c(F)c3F)n2)n2cc(C(F)(F)F)nc12. The second-order valence-corrected chi connectivity index (χ2v) is 9.82. The number of rotatable bonds is 9. The topological polar surface area (TPSA) is 112 Å². The highest BCUT2D eigenvalue weighted by Gasteiger charge is 2.35. The first-order chi connectivity index (χ1) is 20.5. The number of aromatic nitrogens is 4. The minimum Gasteiger partial charge on any atom is -0.493 e. The number of alkyl halides is 3. The van der Waals surface area contributed by atoms with E-state index in [2.05, 4.69) is 20.6 Å². The Balaban J connectivity index is 1.25. The average molecular weight is 605 g/mol. The summed E-state index contributed by atoms with van der Waals surface area (Å²) in [7, 11) is 1.31. The lowest BCUT2D eigenvalue weighted by Crippen LogP contribution is -2.32. The summed E-state index contributed by atoms with van der Waals surface area (Å²) in [6.45, 7) is 1.83. The Morgan fingerprint density at radius 2 is 1.79 bits per heavy atom. The molecule has 0 radical (unpaired) electrons. The zero-order valence-electron chi connectivity index (χ0n) is 22.9. The minimum atomic E-state index is -4.68. The van der Waals surface area contributed by atoms with Crippen LogP contribution in [0.2, 0.25) is 0 Å². The highest BCUT2D eigenvalue weighted by Crippen LogP contribution is 2.33. The van der Waals surface area contributed by atoms with Crippen LogP contribution in [0, 0.1) is 17.6 Å². The standard InChI is InChI=1S/C28H25F5N6O4/c1-15-13-22(40)35-36-26(15)16-5-8-19(25(30)24(16)29)43-12-4-3-11-39-23(41)10-6-17(37-39)18-7-9-20(42-2)27-34-21(14-38(18)27)28(31,32)33/h5-10,14-15H,3-4,11-13H2,1-2H3,(H,35,40). The number of fused-ring (bicyclic) bond motifs is 1. The molecule has 1 unspecified atom stereocenters. The van der Waals surface area contributed by atoms with Gasteiger partial charge in [0.05, 0.1) is 25.1 Å². The Morgan fingerprint density at radius 1 is 1.02 bits per heavy atom. The number of nitrogens with zero attached hydrogens (tertiary/aromatic N) is 5. The maximum Gasteiger partial charge on any atom is 0.434 e. The predicted octanol–water partition coefficient (Wildman–Crippen LogP) is 4.58. The first-order valence-electron chi connectivity index (χ1n) is 13.2. The Bertz CT molecular complexity index is 1780. The summed E-state index contributed by atoms with van der Waals surface area (Å²) >= 11 is 0. The fourth-order valence-electron chi connectivity index (χ4n) is 4.66. The Kier molecular flexibility index (Phi) is 8.15. The molecule has 15 heteroatoms. The van der Waals surface area contributed by atoms with E-state index in [9.17, 15) is 31.5 Å². The van der Waals surface area contributed by atoms with Crippen LogP contribution in [0.15, 0.2) is 52.5 Å². The van der Waals surface area contributed by atoms with E-state index in [-0.39, 0.29) is 65.3 Å². The molecule has 1 aliphatic heterocycles. The van der Waals surface area contributed by atoms with Crippen molar-refractivity contribution in [2.24, 2.45) is 11.0 Å². The number of benzene rings is 1. The van der Waals surface area contributed by atoms with Crippen molar-refractivity contribution >= 4 is 17.3 Å². The van der Waals surface area contributed by atoms with Gasteiger partial charge in [-0.3, -0.25) is 14.0 Å². The van der Waals surface area contributed by atoms with Gasteiger partial charge in [0.25, 0.3) is 5.56 Å². The number of hydrogen-bond donors (Lipinski definition) is 1. The van der Waals surface area contributed by atoms with Gasteiger partial charge in [-0.2, -0.15) is 27.8 Å². The van der Waals surface area contributed by atoms with Gasteiger partial charge in [0, 0.05) is 36.7 Å². The lowest BCUT2D eigenvalue weighted by Gasteiger charge is -2.20. The van der Waals surface area contributed by atoms with Crippen molar-refractivity contribution in [3.8, 4) is 22.9 Å². The van der Waals surface area contributed by atoms with Crippen LogP contribution in [-0.2, 0) is 17.5 Å². The van der Waals surface area contributed by atoms with E-state index in [0.29, 0.717) is 12.8 Å². The van der Waals surface area contributed by atoms with Crippen LogP contribution in [0.3, 0.4) is 0 Å². The zero-order valence-corrected chi connectivity index (χ0v) is 22.9. The van der Waals surface area contributed by atoms with Crippen LogP contribution in [0.4, 0.5) is 22.0 Å². The smallest absolute Gasteiger partial charge is 0.434 e. The Labute approximate surface area is 240 Å². The van der Waals surface area contributed by atoms with Crippen LogP contribution >= 0.6 is 0 Å². The van der Waals surface area contributed by atoms with Gasteiger partial charge in [-0.25, -0.2) is 19.5 Å². The molecule has 1 N–H and O–H groups in total. The lowest BCUT2D eigenvalue weighted by atomic mass is 9.93. The van der Waals surface area contributed by atoms with Crippen molar-refractivity contribution in [1.82, 2.24) is 24.6 Å². The van der Waals surface area contributed by atoms with E-state index < -0.39 is 35.0 Å².